The van der Waals surface area contributed by atoms with Crippen molar-refractivity contribution in [2.75, 3.05) is 6.54 Å². The molecule has 7 heteroatoms. The molecule has 0 bridgehead atoms. The largest absolute Gasteiger partial charge is 0.330 e. The number of alkyl halides is 2. The first kappa shape index (κ1) is 18.6. The topological polar surface area (TPSA) is 38.1 Å². The zero-order valence-corrected chi connectivity index (χ0v) is 15.9. The molecule has 2 heterocycles. The molecular weight excluding hydrogens is 380 g/mol. The van der Waals surface area contributed by atoms with Crippen molar-refractivity contribution in [3.05, 3.63) is 65.7 Å². The van der Waals surface area contributed by atoms with E-state index < -0.39 is 13.0 Å². The standard InChI is InChI=1S/C21H19F2N3OS/c22-19(23)14-25(16-9-10-16)20(27)11-8-15-13-26(17-5-2-1-3-6-17)24-21(15)18-7-4-12-28-18/h1-8,11-13,16,19H,9-10,14H2/b11-8+. The summed E-state index contributed by atoms with van der Waals surface area (Å²) in [6.45, 7) is -0.519. The predicted molar refractivity (Wildman–Crippen MR) is 107 cm³/mol. The molecule has 4 nitrogen and oxygen atoms in total. The van der Waals surface area contributed by atoms with Gasteiger partial charge in [-0.1, -0.05) is 24.3 Å². The highest BCUT2D eigenvalue weighted by molar-refractivity contribution is 7.13. The Morgan fingerprint density at radius 2 is 2.04 bits per heavy atom. The van der Waals surface area contributed by atoms with Crippen LogP contribution in [0.2, 0.25) is 0 Å². The van der Waals surface area contributed by atoms with Crippen molar-refractivity contribution in [2.24, 2.45) is 0 Å². The average molecular weight is 399 g/mol. The van der Waals surface area contributed by atoms with Gasteiger partial charge in [-0.3, -0.25) is 4.79 Å². The number of rotatable bonds is 7. The lowest BCUT2D eigenvalue weighted by Crippen LogP contribution is -2.35. The number of amides is 1. The second-order valence-electron chi connectivity index (χ2n) is 6.64. The van der Waals surface area contributed by atoms with Crippen LogP contribution in [0.25, 0.3) is 22.3 Å². The van der Waals surface area contributed by atoms with Gasteiger partial charge in [-0.05, 0) is 42.5 Å². The Balaban J connectivity index is 1.63. The van der Waals surface area contributed by atoms with Gasteiger partial charge in [0.1, 0.15) is 5.69 Å². The Morgan fingerprint density at radius 1 is 1.25 bits per heavy atom. The quantitative estimate of drug-likeness (QED) is 0.532. The number of para-hydroxylation sites is 1. The van der Waals surface area contributed by atoms with E-state index in [1.165, 1.54) is 11.0 Å². The van der Waals surface area contributed by atoms with Crippen molar-refractivity contribution in [1.29, 1.82) is 0 Å². The molecule has 1 saturated carbocycles. The van der Waals surface area contributed by atoms with Gasteiger partial charge in [0.2, 0.25) is 5.91 Å². The number of carbonyl (C=O) groups is 1. The summed E-state index contributed by atoms with van der Waals surface area (Å²) in [5.74, 6) is -0.382. The number of benzene rings is 1. The van der Waals surface area contributed by atoms with Gasteiger partial charge in [-0.15, -0.1) is 11.3 Å². The van der Waals surface area contributed by atoms with E-state index in [4.69, 9.17) is 0 Å². The van der Waals surface area contributed by atoms with Crippen molar-refractivity contribution in [3.63, 3.8) is 0 Å². The second kappa shape index (κ2) is 8.06. The lowest BCUT2D eigenvalue weighted by Gasteiger charge is -2.19. The number of carbonyl (C=O) groups excluding carboxylic acids is 1. The number of aromatic nitrogens is 2. The first-order chi connectivity index (χ1) is 13.6. The number of thiophene rings is 1. The van der Waals surface area contributed by atoms with Crippen LogP contribution in [0.1, 0.15) is 18.4 Å². The zero-order valence-electron chi connectivity index (χ0n) is 15.0. The molecule has 1 aliphatic rings. The fraction of sp³-hybridized carbons (Fsp3) is 0.238. The molecule has 1 fully saturated rings. The van der Waals surface area contributed by atoms with Crippen LogP contribution in [0.15, 0.2) is 60.1 Å². The van der Waals surface area contributed by atoms with Crippen LogP contribution >= 0.6 is 11.3 Å². The molecule has 0 atom stereocenters. The summed E-state index contributed by atoms with van der Waals surface area (Å²) in [7, 11) is 0. The van der Waals surface area contributed by atoms with E-state index in [2.05, 4.69) is 5.10 Å². The molecule has 0 N–H and O–H groups in total. The summed E-state index contributed by atoms with van der Waals surface area (Å²) in [6, 6.07) is 13.5. The highest BCUT2D eigenvalue weighted by Crippen LogP contribution is 2.30. The van der Waals surface area contributed by atoms with Crippen molar-refractivity contribution in [2.45, 2.75) is 25.3 Å². The molecule has 0 aliphatic heterocycles. The monoisotopic (exact) mass is 399 g/mol. The summed E-state index contributed by atoms with van der Waals surface area (Å²) in [6.07, 6.45) is 3.95. The smallest absolute Gasteiger partial charge is 0.255 e. The SMILES string of the molecule is O=C(/C=C/c1cn(-c2ccccc2)nc1-c1cccs1)N(CC(F)F)C1CC1. The molecule has 144 valence electrons. The van der Waals surface area contributed by atoms with Gasteiger partial charge in [0.25, 0.3) is 6.43 Å². The third-order valence-electron chi connectivity index (χ3n) is 4.53. The molecular formula is C21H19F2N3OS. The molecule has 0 unspecified atom stereocenters. The molecule has 3 aromatic rings. The van der Waals surface area contributed by atoms with E-state index in [1.54, 1.807) is 22.1 Å². The molecule has 1 amide bonds. The molecule has 0 spiro atoms. The number of nitrogens with zero attached hydrogens (tertiary/aromatic N) is 3. The highest BCUT2D eigenvalue weighted by Gasteiger charge is 2.33. The summed E-state index contributed by atoms with van der Waals surface area (Å²) >= 11 is 1.56. The maximum Gasteiger partial charge on any atom is 0.255 e. The molecule has 0 radical (unpaired) electrons. The van der Waals surface area contributed by atoms with Crippen LogP contribution in [0, 0.1) is 0 Å². The average Bonchev–Trinajstić information content (AvgIpc) is 3.22. The van der Waals surface area contributed by atoms with E-state index in [-0.39, 0.29) is 11.9 Å². The van der Waals surface area contributed by atoms with E-state index in [0.717, 1.165) is 34.7 Å². The fourth-order valence-electron chi connectivity index (χ4n) is 3.04. The Bertz CT molecular complexity index is 963. The molecule has 4 rings (SSSR count). The van der Waals surface area contributed by atoms with Crippen LogP contribution in [0.5, 0.6) is 0 Å². The first-order valence-corrected chi connectivity index (χ1v) is 9.95. The zero-order chi connectivity index (χ0) is 19.5. The van der Waals surface area contributed by atoms with Gasteiger partial charge < -0.3 is 4.90 Å². The van der Waals surface area contributed by atoms with Crippen molar-refractivity contribution in [1.82, 2.24) is 14.7 Å². The highest BCUT2D eigenvalue weighted by atomic mass is 32.1. The van der Waals surface area contributed by atoms with Gasteiger partial charge in [-0.25, -0.2) is 13.5 Å². The normalized spacial score (nSPS) is 14.1. The van der Waals surface area contributed by atoms with Crippen molar-refractivity contribution < 1.29 is 13.6 Å². The lowest BCUT2D eigenvalue weighted by atomic mass is 10.2. The molecule has 2 aromatic heterocycles. The van der Waals surface area contributed by atoms with Gasteiger partial charge in [0, 0.05) is 23.9 Å². The van der Waals surface area contributed by atoms with Crippen molar-refractivity contribution >= 4 is 23.3 Å². The van der Waals surface area contributed by atoms with Gasteiger partial charge >= 0.3 is 0 Å². The van der Waals surface area contributed by atoms with Crippen LogP contribution in [0.3, 0.4) is 0 Å². The third kappa shape index (κ3) is 4.20. The molecule has 0 saturated heterocycles. The minimum atomic E-state index is -2.53. The predicted octanol–water partition coefficient (Wildman–Crippen LogP) is 4.87. The first-order valence-electron chi connectivity index (χ1n) is 9.07. The summed E-state index contributed by atoms with van der Waals surface area (Å²) in [5, 5.41) is 6.64. The summed E-state index contributed by atoms with van der Waals surface area (Å²) in [4.78, 5) is 14.7. The molecule has 28 heavy (non-hydrogen) atoms. The summed E-state index contributed by atoms with van der Waals surface area (Å²) in [5.41, 5.74) is 2.44. The van der Waals surface area contributed by atoms with Crippen LogP contribution in [0.4, 0.5) is 8.78 Å². The Morgan fingerprint density at radius 3 is 2.68 bits per heavy atom. The fourth-order valence-corrected chi connectivity index (χ4v) is 3.77. The van der Waals surface area contributed by atoms with E-state index in [0.29, 0.717) is 0 Å². The van der Waals surface area contributed by atoms with E-state index >= 15 is 0 Å². The van der Waals surface area contributed by atoms with E-state index in [1.807, 2.05) is 54.0 Å². The van der Waals surface area contributed by atoms with Crippen LogP contribution < -0.4 is 0 Å². The lowest BCUT2D eigenvalue weighted by molar-refractivity contribution is -0.128. The van der Waals surface area contributed by atoms with Crippen LogP contribution in [-0.2, 0) is 4.79 Å². The maximum atomic E-state index is 12.8. The Hall–Kier alpha value is -2.80. The number of halogens is 2. The molecule has 1 aliphatic carbocycles. The minimum Gasteiger partial charge on any atom is -0.330 e. The van der Waals surface area contributed by atoms with E-state index in [9.17, 15) is 13.6 Å². The third-order valence-corrected chi connectivity index (χ3v) is 5.41. The van der Waals surface area contributed by atoms with Gasteiger partial charge in [0.15, 0.2) is 0 Å². The summed E-state index contributed by atoms with van der Waals surface area (Å²) < 4.78 is 27.4. The van der Waals surface area contributed by atoms with Crippen molar-refractivity contribution in [3.8, 4) is 16.3 Å². The Kier molecular flexibility index (Phi) is 5.34. The Labute approximate surface area is 165 Å². The number of hydrogen-bond donors (Lipinski definition) is 0. The van der Waals surface area contributed by atoms with Gasteiger partial charge in [0.05, 0.1) is 17.1 Å². The molecule has 1 aromatic carbocycles. The van der Waals surface area contributed by atoms with Crippen LogP contribution in [-0.4, -0.2) is 39.6 Å². The maximum absolute atomic E-state index is 12.8. The van der Waals surface area contributed by atoms with Gasteiger partial charge in [-0.2, -0.15) is 5.10 Å². The second-order valence-corrected chi connectivity index (χ2v) is 7.58. The number of hydrogen-bond acceptors (Lipinski definition) is 3. The minimum absolute atomic E-state index is 0.0602.